The summed E-state index contributed by atoms with van der Waals surface area (Å²) in [5.74, 6) is 0. The quantitative estimate of drug-likeness (QED) is 0.659. The Balaban J connectivity index is 2.39. The van der Waals surface area contributed by atoms with Gasteiger partial charge in [0.2, 0.25) is 0 Å². The van der Waals surface area contributed by atoms with E-state index in [1.165, 1.54) is 0 Å². The van der Waals surface area contributed by atoms with Crippen molar-refractivity contribution in [1.82, 2.24) is 0 Å². The first-order chi connectivity index (χ1) is 9.23. The topological polar surface area (TPSA) is 0 Å². The minimum atomic E-state index is -2.01. The van der Waals surface area contributed by atoms with Gasteiger partial charge in [-0.1, -0.05) is 79.1 Å². The average molecular weight is 292 g/mol. The van der Waals surface area contributed by atoms with Crippen molar-refractivity contribution >= 4 is 15.9 Å². The fourth-order valence-electron chi connectivity index (χ4n) is 1.76. The summed E-state index contributed by atoms with van der Waals surface area (Å²) < 4.78 is 24.0. The Morgan fingerprint density at radius 3 is 2.24 bits per heavy atom. The molecule has 0 bridgehead atoms. The van der Waals surface area contributed by atoms with E-state index in [1.54, 1.807) is 13.8 Å². The molecule has 0 unspecified atom stereocenters. The smallest absolute Gasteiger partial charge is 0.0253 e. The number of hydrogen-bond donors (Lipinski definition) is 0. The van der Waals surface area contributed by atoms with Crippen molar-refractivity contribution in [3.05, 3.63) is 58.6 Å². The Bertz CT molecular complexity index is 598. The average Bonchev–Trinajstić information content (AvgIpc) is 2.38. The fourth-order valence-corrected chi connectivity index (χ4v) is 2.28. The second-order valence-corrected chi connectivity index (χ2v) is 5.54. The third-order valence-corrected chi connectivity index (χ3v) is 3.48. The molecule has 88 valence electrons. The fraction of sp³-hybridized carbons (Fsp3) is 0.250. The molecule has 0 radical (unpaired) electrons. The Morgan fingerprint density at radius 1 is 1.00 bits per heavy atom. The number of halogens is 1. The van der Waals surface area contributed by atoms with E-state index < -0.39 is 12.3 Å². The predicted octanol–water partition coefficient (Wildman–Crippen LogP) is 5.41. The maximum absolute atomic E-state index is 7.65. The van der Waals surface area contributed by atoms with Gasteiger partial charge in [0.25, 0.3) is 0 Å². The monoisotopic (exact) mass is 291 g/mol. The molecular weight excluding hydrogens is 272 g/mol. The maximum Gasteiger partial charge on any atom is 0.0253 e. The predicted molar refractivity (Wildman–Crippen MR) is 78.3 cm³/mol. The summed E-state index contributed by atoms with van der Waals surface area (Å²) in [4.78, 5) is 0. The summed E-state index contributed by atoms with van der Waals surface area (Å²) in [6.07, 6.45) is 0. The second-order valence-electron chi connectivity index (χ2n) is 4.68. The SMILES string of the molecule is [2H]C([2H])([2H])C(C)(C)c1ccc(-c2ccccc2Br)cc1. The molecule has 1 heteroatoms. The van der Waals surface area contributed by atoms with Crippen LogP contribution in [0.15, 0.2) is 53.0 Å². The van der Waals surface area contributed by atoms with Gasteiger partial charge in [-0.2, -0.15) is 0 Å². The van der Waals surface area contributed by atoms with Crippen LogP contribution in [0, 0.1) is 0 Å². The van der Waals surface area contributed by atoms with Crippen LogP contribution in [0.2, 0.25) is 0 Å². The lowest BCUT2D eigenvalue weighted by Crippen LogP contribution is -2.10. The molecule has 0 atom stereocenters. The van der Waals surface area contributed by atoms with Crippen molar-refractivity contribution in [1.29, 1.82) is 0 Å². The van der Waals surface area contributed by atoms with Crippen LogP contribution in [-0.4, -0.2) is 0 Å². The molecule has 0 N–H and O–H groups in total. The van der Waals surface area contributed by atoms with Crippen molar-refractivity contribution in [3.63, 3.8) is 0 Å². The van der Waals surface area contributed by atoms with Gasteiger partial charge >= 0.3 is 0 Å². The highest BCUT2D eigenvalue weighted by Crippen LogP contribution is 2.30. The zero-order valence-corrected chi connectivity index (χ0v) is 11.6. The van der Waals surface area contributed by atoms with Crippen LogP contribution in [0.25, 0.3) is 11.1 Å². The molecule has 2 aromatic rings. The normalized spacial score (nSPS) is 14.9. The van der Waals surface area contributed by atoms with E-state index in [-0.39, 0.29) is 0 Å². The number of benzene rings is 2. The van der Waals surface area contributed by atoms with Crippen LogP contribution >= 0.6 is 15.9 Å². The molecule has 0 fully saturated rings. The van der Waals surface area contributed by atoms with Crippen LogP contribution in [0.4, 0.5) is 0 Å². The highest BCUT2D eigenvalue weighted by Gasteiger charge is 2.13. The lowest BCUT2D eigenvalue weighted by Gasteiger charge is -2.19. The minimum absolute atomic E-state index is 0.827. The highest BCUT2D eigenvalue weighted by molar-refractivity contribution is 9.10. The van der Waals surface area contributed by atoms with Gasteiger partial charge in [-0.05, 0) is 28.2 Å². The van der Waals surface area contributed by atoms with E-state index in [0.29, 0.717) is 0 Å². The molecule has 0 saturated carbocycles. The molecule has 0 aliphatic rings. The third kappa shape index (κ3) is 2.78. The van der Waals surface area contributed by atoms with Crippen LogP contribution in [-0.2, 0) is 5.41 Å². The van der Waals surface area contributed by atoms with E-state index in [4.69, 9.17) is 4.11 Å². The van der Waals surface area contributed by atoms with Crippen LogP contribution in [0.1, 0.15) is 30.4 Å². The lowest BCUT2D eigenvalue weighted by atomic mass is 9.86. The Kier molecular flexibility index (Phi) is 2.45. The number of hydrogen-bond acceptors (Lipinski definition) is 0. The van der Waals surface area contributed by atoms with Crippen molar-refractivity contribution in [2.24, 2.45) is 0 Å². The molecular formula is C16H17Br. The van der Waals surface area contributed by atoms with E-state index in [9.17, 15) is 0 Å². The lowest BCUT2D eigenvalue weighted by molar-refractivity contribution is 0.590. The van der Waals surface area contributed by atoms with Crippen LogP contribution in [0.3, 0.4) is 0 Å². The Morgan fingerprint density at radius 2 is 1.65 bits per heavy atom. The molecule has 0 nitrogen and oxygen atoms in total. The first-order valence-corrected chi connectivity index (χ1v) is 6.38. The summed E-state index contributed by atoms with van der Waals surface area (Å²) in [6, 6.07) is 15.7. The van der Waals surface area contributed by atoms with E-state index >= 15 is 0 Å². The molecule has 2 rings (SSSR count). The van der Waals surface area contributed by atoms with Crippen molar-refractivity contribution in [2.75, 3.05) is 0 Å². The summed E-state index contributed by atoms with van der Waals surface area (Å²) in [6.45, 7) is 1.50. The van der Waals surface area contributed by atoms with E-state index in [2.05, 4.69) is 15.9 Å². The molecule has 0 aliphatic heterocycles. The third-order valence-electron chi connectivity index (χ3n) is 2.79. The van der Waals surface area contributed by atoms with Gasteiger partial charge in [-0.3, -0.25) is 0 Å². The summed E-state index contributed by atoms with van der Waals surface area (Å²) in [7, 11) is 0. The first kappa shape index (κ1) is 8.93. The standard InChI is InChI=1S/C16H17Br/c1-16(2,3)13-10-8-12(9-11-13)14-6-4-5-7-15(14)17/h4-11H,1-3H3/i1D3. The molecule has 0 saturated heterocycles. The zero-order chi connectivity index (χ0) is 15.0. The van der Waals surface area contributed by atoms with Crippen LogP contribution < -0.4 is 0 Å². The Labute approximate surface area is 116 Å². The molecule has 0 aliphatic carbocycles. The van der Waals surface area contributed by atoms with Crippen molar-refractivity contribution < 1.29 is 4.11 Å². The summed E-state index contributed by atoms with van der Waals surface area (Å²) in [5.41, 5.74) is 2.15. The van der Waals surface area contributed by atoms with Crippen LogP contribution in [0.5, 0.6) is 0 Å². The molecule has 0 heterocycles. The van der Waals surface area contributed by atoms with Gasteiger partial charge in [-0.15, -0.1) is 0 Å². The molecule has 2 aromatic carbocycles. The van der Waals surface area contributed by atoms with Gasteiger partial charge in [-0.25, -0.2) is 0 Å². The van der Waals surface area contributed by atoms with E-state index in [1.807, 2.05) is 48.5 Å². The van der Waals surface area contributed by atoms with Gasteiger partial charge in [0, 0.05) is 8.58 Å². The molecule has 0 aromatic heterocycles. The van der Waals surface area contributed by atoms with Crippen molar-refractivity contribution in [3.8, 4) is 11.1 Å². The maximum atomic E-state index is 7.65. The van der Waals surface area contributed by atoms with E-state index in [0.717, 1.165) is 21.2 Å². The van der Waals surface area contributed by atoms with Crippen molar-refractivity contribution in [2.45, 2.75) is 26.1 Å². The van der Waals surface area contributed by atoms with Gasteiger partial charge in [0.05, 0.1) is 0 Å². The Hall–Kier alpha value is -1.08. The summed E-state index contributed by atoms with van der Waals surface area (Å²) >= 11 is 3.53. The zero-order valence-electron chi connectivity index (χ0n) is 13.0. The molecule has 0 spiro atoms. The molecule has 0 amide bonds. The first-order valence-electron chi connectivity index (χ1n) is 7.09. The summed E-state index contributed by atoms with van der Waals surface area (Å²) in [5, 5.41) is 0. The second kappa shape index (κ2) is 4.66. The van der Waals surface area contributed by atoms with Gasteiger partial charge in [0.15, 0.2) is 0 Å². The minimum Gasteiger partial charge on any atom is -0.0616 e. The van der Waals surface area contributed by atoms with Gasteiger partial charge in [0.1, 0.15) is 0 Å². The largest absolute Gasteiger partial charge is 0.0616 e. The number of rotatable bonds is 1. The molecule has 17 heavy (non-hydrogen) atoms. The highest BCUT2D eigenvalue weighted by atomic mass is 79.9. The van der Waals surface area contributed by atoms with Gasteiger partial charge < -0.3 is 0 Å².